The van der Waals surface area contributed by atoms with Crippen molar-refractivity contribution >= 4 is 5.91 Å². The first-order chi connectivity index (χ1) is 13.8. The van der Waals surface area contributed by atoms with Crippen LogP contribution in [0.25, 0.3) is 5.69 Å². The molecule has 0 aliphatic heterocycles. The summed E-state index contributed by atoms with van der Waals surface area (Å²) in [6, 6.07) is 27.8. The van der Waals surface area contributed by atoms with Crippen LogP contribution in [0.5, 0.6) is 0 Å². The average molecular weight is 367 g/mol. The summed E-state index contributed by atoms with van der Waals surface area (Å²) in [5.74, 6) is -0.361. The molecule has 4 aromatic rings. The molecule has 0 spiro atoms. The molecular formula is C24H21N3O. The molecule has 0 unspecified atom stereocenters. The van der Waals surface area contributed by atoms with E-state index < -0.39 is 0 Å². The van der Waals surface area contributed by atoms with E-state index in [0.717, 1.165) is 22.4 Å². The van der Waals surface area contributed by atoms with Crippen LogP contribution < -0.4 is 5.32 Å². The molecule has 1 N–H and O–H groups in total. The second-order valence-corrected chi connectivity index (χ2v) is 6.57. The van der Waals surface area contributed by atoms with Crippen molar-refractivity contribution < 1.29 is 4.79 Å². The fraction of sp³-hybridized carbons (Fsp3) is 0.0833. The number of rotatable bonds is 6. The maximum absolute atomic E-state index is 13.2. The highest BCUT2D eigenvalue weighted by atomic mass is 16.1. The zero-order valence-electron chi connectivity index (χ0n) is 15.4. The molecule has 0 fully saturated rings. The Balaban J connectivity index is 1.58. The minimum Gasteiger partial charge on any atom is -0.351 e. The van der Waals surface area contributed by atoms with Crippen molar-refractivity contribution in [1.29, 1.82) is 0 Å². The number of imidazole rings is 1. The predicted octanol–water partition coefficient (Wildman–Crippen LogP) is 4.32. The van der Waals surface area contributed by atoms with Gasteiger partial charge in [0.25, 0.3) is 0 Å². The topological polar surface area (TPSA) is 46.9 Å². The number of benzene rings is 3. The molecule has 1 aromatic heterocycles. The van der Waals surface area contributed by atoms with Gasteiger partial charge in [0.1, 0.15) is 0 Å². The normalized spacial score (nSPS) is 10.8. The number of aromatic nitrogens is 2. The van der Waals surface area contributed by atoms with Crippen LogP contribution >= 0.6 is 0 Å². The summed E-state index contributed by atoms with van der Waals surface area (Å²) in [5, 5.41) is 3.13. The maximum atomic E-state index is 13.2. The van der Waals surface area contributed by atoms with Crippen LogP contribution in [0.2, 0.25) is 0 Å². The Kier molecular flexibility index (Phi) is 5.29. The lowest BCUT2D eigenvalue weighted by Crippen LogP contribution is -2.30. The molecule has 138 valence electrons. The molecule has 28 heavy (non-hydrogen) atoms. The third-order valence-electron chi connectivity index (χ3n) is 4.76. The number of hydrogen-bond acceptors (Lipinski definition) is 2. The summed E-state index contributed by atoms with van der Waals surface area (Å²) in [5.41, 5.74) is 4.01. The van der Waals surface area contributed by atoms with E-state index >= 15 is 0 Å². The van der Waals surface area contributed by atoms with Crippen LogP contribution in [0.4, 0.5) is 0 Å². The lowest BCUT2D eigenvalue weighted by atomic mass is 9.90. The van der Waals surface area contributed by atoms with E-state index in [1.165, 1.54) is 0 Å². The van der Waals surface area contributed by atoms with Crippen LogP contribution in [0.15, 0.2) is 104 Å². The van der Waals surface area contributed by atoms with Gasteiger partial charge in [-0.05, 0) is 22.8 Å². The quantitative estimate of drug-likeness (QED) is 0.552. The molecule has 0 bridgehead atoms. The Morgan fingerprint density at radius 2 is 1.46 bits per heavy atom. The van der Waals surface area contributed by atoms with Crippen molar-refractivity contribution in [2.75, 3.05) is 0 Å². The molecule has 0 aliphatic rings. The van der Waals surface area contributed by atoms with Crippen molar-refractivity contribution in [1.82, 2.24) is 14.9 Å². The molecule has 0 saturated heterocycles. The Hall–Kier alpha value is -3.66. The zero-order chi connectivity index (χ0) is 19.2. The average Bonchev–Trinajstić information content (AvgIpc) is 3.29. The van der Waals surface area contributed by atoms with Gasteiger partial charge in [-0.15, -0.1) is 0 Å². The number of carbonyl (C=O) groups is 1. The van der Waals surface area contributed by atoms with Gasteiger partial charge < -0.3 is 9.88 Å². The summed E-state index contributed by atoms with van der Waals surface area (Å²) < 4.78 is 1.95. The van der Waals surface area contributed by atoms with Gasteiger partial charge in [-0.3, -0.25) is 4.79 Å². The molecule has 1 heterocycles. The molecule has 0 radical (unpaired) electrons. The number of nitrogens with zero attached hydrogens (tertiary/aromatic N) is 2. The Bertz CT molecular complexity index is 988. The molecule has 4 heteroatoms. The van der Waals surface area contributed by atoms with E-state index in [1.807, 2.05) is 95.7 Å². The first-order valence-electron chi connectivity index (χ1n) is 9.27. The molecule has 4 rings (SSSR count). The summed E-state index contributed by atoms with van der Waals surface area (Å²) >= 11 is 0. The molecular weight excluding hydrogens is 346 g/mol. The molecule has 3 aromatic carbocycles. The SMILES string of the molecule is O=C(NCc1ccccc1-n1ccnc1)C(c1ccccc1)c1ccccc1. The van der Waals surface area contributed by atoms with Crippen molar-refractivity contribution in [3.63, 3.8) is 0 Å². The van der Waals surface area contributed by atoms with Crippen LogP contribution in [-0.2, 0) is 11.3 Å². The van der Waals surface area contributed by atoms with Gasteiger partial charge in [-0.1, -0.05) is 78.9 Å². The van der Waals surface area contributed by atoms with Gasteiger partial charge in [0.05, 0.1) is 17.9 Å². The van der Waals surface area contributed by atoms with Gasteiger partial charge in [-0.2, -0.15) is 0 Å². The number of amides is 1. The summed E-state index contributed by atoms with van der Waals surface area (Å²) in [7, 11) is 0. The molecule has 0 aliphatic carbocycles. The maximum Gasteiger partial charge on any atom is 0.232 e. The van der Waals surface area contributed by atoms with Crippen molar-refractivity contribution in [3.8, 4) is 5.69 Å². The second kappa shape index (κ2) is 8.35. The third-order valence-corrected chi connectivity index (χ3v) is 4.76. The van der Waals surface area contributed by atoms with Gasteiger partial charge >= 0.3 is 0 Å². The third kappa shape index (κ3) is 3.86. The summed E-state index contributed by atoms with van der Waals surface area (Å²) in [4.78, 5) is 17.3. The van der Waals surface area contributed by atoms with Crippen molar-refractivity contribution in [2.45, 2.75) is 12.5 Å². The van der Waals surface area contributed by atoms with Crippen LogP contribution in [-0.4, -0.2) is 15.5 Å². The smallest absolute Gasteiger partial charge is 0.232 e. The zero-order valence-corrected chi connectivity index (χ0v) is 15.4. The Morgan fingerprint density at radius 1 is 0.857 bits per heavy atom. The first-order valence-corrected chi connectivity index (χ1v) is 9.27. The Labute approximate surface area is 164 Å². The number of hydrogen-bond donors (Lipinski definition) is 1. The lowest BCUT2D eigenvalue weighted by molar-refractivity contribution is -0.121. The fourth-order valence-corrected chi connectivity index (χ4v) is 3.38. The minimum atomic E-state index is -0.345. The van der Waals surface area contributed by atoms with Crippen LogP contribution in [0.1, 0.15) is 22.6 Å². The standard InChI is InChI=1S/C24H21N3O/c28-24(23(19-9-3-1-4-10-19)20-11-5-2-6-12-20)26-17-21-13-7-8-14-22(21)27-16-15-25-18-27/h1-16,18,23H,17H2,(H,26,28). The Morgan fingerprint density at radius 3 is 2.07 bits per heavy atom. The van der Waals surface area contributed by atoms with Crippen molar-refractivity contribution in [2.24, 2.45) is 0 Å². The van der Waals surface area contributed by atoms with E-state index in [2.05, 4.69) is 10.3 Å². The second-order valence-electron chi connectivity index (χ2n) is 6.57. The molecule has 4 nitrogen and oxygen atoms in total. The highest BCUT2D eigenvalue weighted by Gasteiger charge is 2.22. The van der Waals surface area contributed by atoms with Crippen LogP contribution in [0, 0.1) is 0 Å². The minimum absolute atomic E-state index is 0.0159. The lowest BCUT2D eigenvalue weighted by Gasteiger charge is -2.19. The molecule has 0 saturated carbocycles. The fourth-order valence-electron chi connectivity index (χ4n) is 3.38. The van der Waals surface area contributed by atoms with E-state index in [9.17, 15) is 4.79 Å². The van der Waals surface area contributed by atoms with Gasteiger partial charge in [-0.25, -0.2) is 4.98 Å². The van der Waals surface area contributed by atoms with Crippen LogP contribution in [0.3, 0.4) is 0 Å². The van der Waals surface area contributed by atoms with Gasteiger partial charge in [0.2, 0.25) is 5.91 Å². The van der Waals surface area contributed by atoms with Gasteiger partial charge in [0.15, 0.2) is 0 Å². The number of para-hydroxylation sites is 1. The summed E-state index contributed by atoms with van der Waals surface area (Å²) in [6.07, 6.45) is 5.41. The predicted molar refractivity (Wildman–Crippen MR) is 110 cm³/mol. The van der Waals surface area contributed by atoms with E-state index in [1.54, 1.807) is 12.5 Å². The molecule has 0 atom stereocenters. The first kappa shape index (κ1) is 17.7. The molecule has 1 amide bonds. The number of nitrogens with one attached hydrogen (secondary N) is 1. The highest BCUT2D eigenvalue weighted by molar-refractivity contribution is 5.87. The highest BCUT2D eigenvalue weighted by Crippen LogP contribution is 2.25. The van der Waals surface area contributed by atoms with Crippen molar-refractivity contribution in [3.05, 3.63) is 120 Å². The van der Waals surface area contributed by atoms with E-state index in [-0.39, 0.29) is 11.8 Å². The largest absolute Gasteiger partial charge is 0.351 e. The summed E-state index contributed by atoms with van der Waals surface area (Å²) in [6.45, 7) is 0.448. The number of carbonyl (C=O) groups excluding carboxylic acids is 1. The van der Waals surface area contributed by atoms with Gasteiger partial charge in [0, 0.05) is 18.9 Å². The van der Waals surface area contributed by atoms with E-state index in [4.69, 9.17) is 0 Å². The monoisotopic (exact) mass is 367 g/mol. The van der Waals surface area contributed by atoms with E-state index in [0.29, 0.717) is 6.54 Å².